The summed E-state index contributed by atoms with van der Waals surface area (Å²) in [5, 5.41) is 10.5. The van der Waals surface area contributed by atoms with Crippen molar-refractivity contribution >= 4 is 16.8 Å². The van der Waals surface area contributed by atoms with E-state index in [1.165, 1.54) is 0 Å². The molecule has 0 aliphatic carbocycles. The lowest BCUT2D eigenvalue weighted by Crippen LogP contribution is -2.31. The number of aromatic amines is 1. The number of nitrogens with zero attached hydrogens (tertiary/aromatic N) is 1. The number of aryl methyl sites for hydroxylation is 1. The molecule has 0 spiro atoms. The third kappa shape index (κ3) is 1.99. The number of aliphatic hydroxyl groups is 1. The smallest absolute Gasteiger partial charge is 0.255 e. The van der Waals surface area contributed by atoms with E-state index in [4.69, 9.17) is 0 Å². The summed E-state index contributed by atoms with van der Waals surface area (Å²) in [6, 6.07) is 15.7. The molecule has 0 fully saturated rings. The average molecular weight is 306 g/mol. The number of carbonyl (C=O) groups is 1. The molecule has 3 aromatic rings. The van der Waals surface area contributed by atoms with Crippen molar-refractivity contribution in [2.45, 2.75) is 13.0 Å². The molecule has 4 heteroatoms. The number of H-pyrrole nitrogens is 1. The van der Waals surface area contributed by atoms with Crippen LogP contribution in [-0.4, -0.2) is 34.0 Å². The fourth-order valence-corrected chi connectivity index (χ4v) is 3.67. The van der Waals surface area contributed by atoms with Crippen molar-refractivity contribution in [1.29, 1.82) is 0 Å². The topological polar surface area (TPSA) is 56.3 Å². The van der Waals surface area contributed by atoms with Crippen molar-refractivity contribution in [3.63, 3.8) is 0 Å². The van der Waals surface area contributed by atoms with Crippen LogP contribution in [0.3, 0.4) is 0 Å². The van der Waals surface area contributed by atoms with Gasteiger partial charge in [-0.1, -0.05) is 36.4 Å². The zero-order valence-electron chi connectivity index (χ0n) is 12.9. The summed E-state index contributed by atoms with van der Waals surface area (Å²) in [5.41, 5.74) is 4.99. The summed E-state index contributed by atoms with van der Waals surface area (Å²) < 4.78 is 0. The van der Waals surface area contributed by atoms with Gasteiger partial charge in [0.15, 0.2) is 0 Å². The van der Waals surface area contributed by atoms with Crippen LogP contribution in [0.1, 0.15) is 33.2 Å². The lowest BCUT2D eigenvalue weighted by atomic mass is 9.95. The van der Waals surface area contributed by atoms with E-state index in [0.717, 1.165) is 33.3 Å². The summed E-state index contributed by atoms with van der Waals surface area (Å²) in [5.74, 6) is -0.00988. The number of fused-ring (bicyclic) bond motifs is 2. The van der Waals surface area contributed by atoms with Crippen LogP contribution < -0.4 is 0 Å². The number of carbonyl (C=O) groups excluding carboxylic acids is 1. The zero-order chi connectivity index (χ0) is 16.0. The molecule has 1 aliphatic rings. The van der Waals surface area contributed by atoms with Gasteiger partial charge in [0.1, 0.15) is 0 Å². The average Bonchev–Trinajstić information content (AvgIpc) is 3.03. The summed E-state index contributed by atoms with van der Waals surface area (Å²) in [4.78, 5) is 17.9. The number of para-hydroxylation sites is 1. The quantitative estimate of drug-likeness (QED) is 0.781. The van der Waals surface area contributed by atoms with Gasteiger partial charge in [0.05, 0.1) is 12.6 Å². The Kier molecular flexibility index (Phi) is 3.20. The first kappa shape index (κ1) is 14.0. The number of aliphatic hydroxyl groups excluding tert-OH is 1. The second-order valence-corrected chi connectivity index (χ2v) is 5.92. The second kappa shape index (κ2) is 5.25. The van der Waals surface area contributed by atoms with E-state index in [-0.39, 0.29) is 18.6 Å². The Bertz CT molecular complexity index is 897. The molecule has 0 bridgehead atoms. The number of nitrogens with one attached hydrogen (secondary N) is 1. The highest BCUT2D eigenvalue weighted by Gasteiger charge is 2.38. The number of hydrogen-bond donors (Lipinski definition) is 2. The van der Waals surface area contributed by atoms with Gasteiger partial charge in [-0.2, -0.15) is 0 Å². The molecular formula is C19H18N2O2. The van der Waals surface area contributed by atoms with Crippen molar-refractivity contribution in [2.75, 3.05) is 13.2 Å². The van der Waals surface area contributed by atoms with Gasteiger partial charge in [-0.25, -0.2) is 0 Å². The van der Waals surface area contributed by atoms with E-state index < -0.39 is 0 Å². The number of hydrogen-bond acceptors (Lipinski definition) is 2. The lowest BCUT2D eigenvalue weighted by Gasteiger charge is -2.25. The van der Waals surface area contributed by atoms with Crippen molar-refractivity contribution in [3.05, 3.63) is 70.9 Å². The van der Waals surface area contributed by atoms with Crippen LogP contribution in [-0.2, 0) is 0 Å². The van der Waals surface area contributed by atoms with Crippen molar-refractivity contribution < 1.29 is 9.90 Å². The Balaban J connectivity index is 1.97. The predicted molar refractivity (Wildman–Crippen MR) is 89.4 cm³/mol. The minimum absolute atomic E-state index is 0.00988. The largest absolute Gasteiger partial charge is 0.395 e. The third-order valence-electron chi connectivity index (χ3n) is 4.62. The fraction of sp³-hybridized carbons (Fsp3) is 0.211. The van der Waals surface area contributed by atoms with E-state index in [0.29, 0.717) is 6.54 Å². The number of aromatic nitrogens is 1. The first-order valence-electron chi connectivity index (χ1n) is 7.80. The van der Waals surface area contributed by atoms with Gasteiger partial charge < -0.3 is 15.0 Å². The Hall–Kier alpha value is -2.59. The normalized spacial score (nSPS) is 17.0. The van der Waals surface area contributed by atoms with Gasteiger partial charge in [0, 0.05) is 34.3 Å². The number of benzene rings is 2. The van der Waals surface area contributed by atoms with Gasteiger partial charge in [-0.3, -0.25) is 4.79 Å². The Labute approximate surface area is 134 Å². The highest BCUT2D eigenvalue weighted by atomic mass is 16.3. The molecule has 0 saturated carbocycles. The van der Waals surface area contributed by atoms with E-state index in [1.54, 1.807) is 4.90 Å². The molecule has 0 unspecified atom stereocenters. The van der Waals surface area contributed by atoms with Crippen LogP contribution in [0.25, 0.3) is 10.9 Å². The van der Waals surface area contributed by atoms with Crippen molar-refractivity contribution in [1.82, 2.24) is 9.88 Å². The maximum Gasteiger partial charge on any atom is 0.255 e. The number of rotatable bonds is 3. The molecule has 4 rings (SSSR count). The summed E-state index contributed by atoms with van der Waals surface area (Å²) in [7, 11) is 0. The molecule has 0 saturated heterocycles. The summed E-state index contributed by atoms with van der Waals surface area (Å²) >= 11 is 0. The van der Waals surface area contributed by atoms with Crippen LogP contribution in [0.2, 0.25) is 0 Å². The fourth-order valence-electron chi connectivity index (χ4n) is 3.67. The molecule has 2 aromatic carbocycles. The number of amides is 1. The van der Waals surface area contributed by atoms with Crippen LogP contribution in [0.15, 0.2) is 48.5 Å². The minimum Gasteiger partial charge on any atom is -0.395 e. The molecule has 23 heavy (non-hydrogen) atoms. The SMILES string of the molecule is Cc1[nH]c2ccccc2c1[C@@H]1c2ccccc2C(=O)N1CCO. The van der Waals surface area contributed by atoms with Gasteiger partial charge >= 0.3 is 0 Å². The monoisotopic (exact) mass is 306 g/mol. The first-order chi connectivity index (χ1) is 11.2. The molecule has 1 amide bonds. The van der Waals surface area contributed by atoms with Crippen molar-refractivity contribution in [3.8, 4) is 0 Å². The predicted octanol–water partition coefficient (Wildman–Crippen LogP) is 3.01. The maximum atomic E-state index is 12.7. The van der Waals surface area contributed by atoms with Crippen LogP contribution in [0.4, 0.5) is 0 Å². The second-order valence-electron chi connectivity index (χ2n) is 5.92. The van der Waals surface area contributed by atoms with Crippen LogP contribution >= 0.6 is 0 Å². The van der Waals surface area contributed by atoms with E-state index in [2.05, 4.69) is 11.1 Å². The van der Waals surface area contributed by atoms with Gasteiger partial charge in [-0.15, -0.1) is 0 Å². The van der Waals surface area contributed by atoms with Crippen LogP contribution in [0.5, 0.6) is 0 Å². The van der Waals surface area contributed by atoms with E-state index >= 15 is 0 Å². The Morgan fingerprint density at radius 3 is 2.70 bits per heavy atom. The molecule has 2 heterocycles. The van der Waals surface area contributed by atoms with Gasteiger partial charge in [0.25, 0.3) is 5.91 Å². The van der Waals surface area contributed by atoms with Crippen LogP contribution in [0, 0.1) is 6.92 Å². The van der Waals surface area contributed by atoms with E-state index in [9.17, 15) is 9.90 Å². The Morgan fingerprint density at radius 1 is 1.13 bits per heavy atom. The molecule has 116 valence electrons. The maximum absolute atomic E-state index is 12.7. The minimum atomic E-state index is -0.151. The lowest BCUT2D eigenvalue weighted by molar-refractivity contribution is 0.0713. The zero-order valence-corrected chi connectivity index (χ0v) is 12.9. The molecule has 1 atom stereocenters. The molecule has 0 radical (unpaired) electrons. The molecular weight excluding hydrogens is 288 g/mol. The summed E-state index contributed by atoms with van der Waals surface area (Å²) in [6.45, 7) is 2.33. The molecule has 1 aliphatic heterocycles. The molecule has 1 aromatic heterocycles. The van der Waals surface area contributed by atoms with Crippen molar-refractivity contribution in [2.24, 2.45) is 0 Å². The third-order valence-corrected chi connectivity index (χ3v) is 4.62. The summed E-state index contributed by atoms with van der Waals surface area (Å²) in [6.07, 6.45) is 0. The highest BCUT2D eigenvalue weighted by Crippen LogP contribution is 2.42. The highest BCUT2D eigenvalue weighted by molar-refractivity contribution is 6.01. The molecule has 2 N–H and O–H groups in total. The Morgan fingerprint density at radius 2 is 1.87 bits per heavy atom. The number of β-amino-alcohol motifs (C(OH)–C–C–N with tert-alkyl or cyclic N) is 1. The first-order valence-corrected chi connectivity index (χ1v) is 7.80. The van der Waals surface area contributed by atoms with E-state index in [1.807, 2.05) is 49.4 Å². The van der Waals surface area contributed by atoms with Gasteiger partial charge in [-0.05, 0) is 24.6 Å². The van der Waals surface area contributed by atoms with Gasteiger partial charge in [0.2, 0.25) is 0 Å². The molecule has 4 nitrogen and oxygen atoms in total. The standard InChI is InChI=1S/C19H18N2O2/c1-12-17(15-8-4-5-9-16(15)20-12)18-13-6-2-3-7-14(13)19(23)21(18)10-11-22/h2-9,18,20,22H,10-11H2,1H3/t18-/m0/s1.